The smallest absolute Gasteiger partial charge is 0.263 e. The van der Waals surface area contributed by atoms with Crippen molar-refractivity contribution in [3.8, 4) is 0 Å². The molecule has 0 bridgehead atoms. The maximum absolute atomic E-state index is 12.5. The molecule has 0 fully saturated rings. The molecular weight excluding hydrogens is 334 g/mol. The highest BCUT2D eigenvalue weighted by Crippen LogP contribution is 2.26. The van der Waals surface area contributed by atoms with Crippen molar-refractivity contribution in [1.29, 1.82) is 0 Å². The topological polar surface area (TPSA) is 49.4 Å². The number of hydrogen-bond donors (Lipinski definition) is 1. The van der Waals surface area contributed by atoms with E-state index in [2.05, 4.69) is 15.7 Å². The maximum Gasteiger partial charge on any atom is 0.263 e. The van der Waals surface area contributed by atoms with Crippen molar-refractivity contribution in [3.05, 3.63) is 59.7 Å². The Kier molecular flexibility index (Phi) is 4.82. The number of para-hydroxylation sites is 1. The number of halogens is 2. The quantitative estimate of drug-likeness (QED) is 0.870. The number of sulfonamides is 1. The van der Waals surface area contributed by atoms with Gasteiger partial charge >= 0.3 is 0 Å². The summed E-state index contributed by atoms with van der Waals surface area (Å²) >= 11 is 0. The molecule has 0 atom stereocenters. The fraction of sp³-hybridized carbons (Fsp3) is 0.294. The lowest BCUT2D eigenvalue weighted by Crippen LogP contribution is -2.34. The van der Waals surface area contributed by atoms with Crippen LogP contribution in [0.1, 0.15) is 17.6 Å². The number of fused-ring (bicyclic) bond motifs is 1. The fourth-order valence-corrected chi connectivity index (χ4v) is 3.85. The third-order valence-corrected chi connectivity index (χ3v) is 5.58. The molecule has 0 aromatic heterocycles. The molecule has 24 heavy (non-hydrogen) atoms. The average molecular weight is 352 g/mol. The van der Waals surface area contributed by atoms with Gasteiger partial charge < -0.3 is 4.90 Å². The van der Waals surface area contributed by atoms with Crippen molar-refractivity contribution in [2.45, 2.75) is 17.7 Å². The van der Waals surface area contributed by atoms with Gasteiger partial charge in [0, 0.05) is 30.9 Å². The van der Waals surface area contributed by atoms with Crippen LogP contribution in [0, 0.1) is 0 Å². The van der Waals surface area contributed by atoms with Gasteiger partial charge in [0.1, 0.15) is 0 Å². The number of hydrogen-bond acceptors (Lipinski definition) is 3. The van der Waals surface area contributed by atoms with E-state index in [-0.39, 0.29) is 17.0 Å². The molecule has 0 amide bonds. The molecule has 4 nitrogen and oxygen atoms in total. The second-order valence-corrected chi connectivity index (χ2v) is 7.40. The molecule has 1 heterocycles. The van der Waals surface area contributed by atoms with Gasteiger partial charge in [0.05, 0.1) is 4.90 Å². The SMILES string of the molecule is O=S(=O)(NCCN1CCc2ccccc21)c1ccc(C(F)F)cc1. The number of rotatable bonds is 6. The molecule has 0 unspecified atom stereocenters. The molecule has 7 heteroatoms. The first-order valence-electron chi connectivity index (χ1n) is 7.68. The molecule has 2 aromatic rings. The lowest BCUT2D eigenvalue weighted by molar-refractivity contribution is 0.151. The van der Waals surface area contributed by atoms with E-state index in [4.69, 9.17) is 0 Å². The van der Waals surface area contributed by atoms with Gasteiger partial charge in [-0.1, -0.05) is 30.3 Å². The van der Waals surface area contributed by atoms with Gasteiger partial charge in [-0.25, -0.2) is 21.9 Å². The van der Waals surface area contributed by atoms with E-state index in [1.165, 1.54) is 17.7 Å². The molecule has 2 aromatic carbocycles. The zero-order valence-corrected chi connectivity index (χ0v) is 13.8. The second-order valence-electron chi connectivity index (χ2n) is 5.63. The summed E-state index contributed by atoms with van der Waals surface area (Å²) in [6, 6.07) is 12.7. The molecule has 1 aliphatic rings. The van der Waals surface area contributed by atoms with Crippen LogP contribution >= 0.6 is 0 Å². The van der Waals surface area contributed by atoms with Crippen LogP contribution < -0.4 is 9.62 Å². The van der Waals surface area contributed by atoms with Crippen LogP contribution in [0.2, 0.25) is 0 Å². The Balaban J connectivity index is 1.60. The third kappa shape index (κ3) is 3.57. The summed E-state index contributed by atoms with van der Waals surface area (Å²) in [7, 11) is -3.69. The lowest BCUT2D eigenvalue weighted by atomic mass is 10.2. The van der Waals surface area contributed by atoms with Crippen LogP contribution in [0.5, 0.6) is 0 Å². The normalized spacial score (nSPS) is 14.2. The molecule has 1 N–H and O–H groups in total. The van der Waals surface area contributed by atoms with Crippen LogP contribution in [-0.2, 0) is 16.4 Å². The van der Waals surface area contributed by atoms with E-state index < -0.39 is 16.4 Å². The molecule has 0 spiro atoms. The van der Waals surface area contributed by atoms with Gasteiger partial charge in [-0.2, -0.15) is 0 Å². The van der Waals surface area contributed by atoms with Gasteiger partial charge in [0.25, 0.3) is 6.43 Å². The van der Waals surface area contributed by atoms with Crippen molar-refractivity contribution in [2.75, 3.05) is 24.5 Å². The molecule has 0 aliphatic carbocycles. The van der Waals surface area contributed by atoms with Crippen molar-refractivity contribution < 1.29 is 17.2 Å². The van der Waals surface area contributed by atoms with Gasteiger partial charge in [-0.3, -0.25) is 0 Å². The van der Waals surface area contributed by atoms with Crippen molar-refractivity contribution in [3.63, 3.8) is 0 Å². The summed E-state index contributed by atoms with van der Waals surface area (Å²) in [5, 5.41) is 0. The van der Waals surface area contributed by atoms with E-state index in [1.807, 2.05) is 18.2 Å². The first-order chi connectivity index (χ1) is 11.5. The minimum absolute atomic E-state index is 0.00581. The highest BCUT2D eigenvalue weighted by molar-refractivity contribution is 7.89. The molecule has 3 rings (SSSR count). The molecule has 128 valence electrons. The van der Waals surface area contributed by atoms with Gasteiger partial charge in [0.15, 0.2) is 0 Å². The summed E-state index contributed by atoms with van der Waals surface area (Å²) in [4.78, 5) is 2.13. The summed E-state index contributed by atoms with van der Waals surface area (Å²) in [6.07, 6.45) is -1.65. The third-order valence-electron chi connectivity index (χ3n) is 4.10. The number of anilines is 1. The van der Waals surface area contributed by atoms with Crippen LogP contribution in [0.15, 0.2) is 53.4 Å². The van der Waals surface area contributed by atoms with Crippen molar-refractivity contribution in [1.82, 2.24) is 4.72 Å². The zero-order chi connectivity index (χ0) is 17.2. The first kappa shape index (κ1) is 16.9. The molecule has 0 radical (unpaired) electrons. The number of alkyl halides is 2. The zero-order valence-electron chi connectivity index (χ0n) is 13.0. The predicted molar refractivity (Wildman–Crippen MR) is 88.9 cm³/mol. The van der Waals surface area contributed by atoms with Crippen LogP contribution in [0.3, 0.4) is 0 Å². The Labute approximate surface area is 140 Å². The molecular formula is C17H18F2N2O2S. The molecule has 0 saturated carbocycles. The fourth-order valence-electron chi connectivity index (χ4n) is 2.83. The molecule has 1 aliphatic heterocycles. The molecule has 0 saturated heterocycles. The van der Waals surface area contributed by atoms with Gasteiger partial charge in [-0.15, -0.1) is 0 Å². The lowest BCUT2D eigenvalue weighted by Gasteiger charge is -2.19. The monoisotopic (exact) mass is 352 g/mol. The second kappa shape index (κ2) is 6.86. The Morgan fingerprint density at radius 2 is 1.79 bits per heavy atom. The van der Waals surface area contributed by atoms with E-state index >= 15 is 0 Å². The van der Waals surface area contributed by atoms with E-state index in [0.717, 1.165) is 30.8 Å². The van der Waals surface area contributed by atoms with Crippen molar-refractivity contribution >= 4 is 15.7 Å². The predicted octanol–water partition coefficient (Wildman–Crippen LogP) is 2.97. The Bertz CT molecular complexity index is 808. The van der Waals surface area contributed by atoms with Gasteiger partial charge in [0.2, 0.25) is 10.0 Å². The average Bonchev–Trinajstić information content (AvgIpc) is 2.98. The highest BCUT2D eigenvalue weighted by atomic mass is 32.2. The van der Waals surface area contributed by atoms with Crippen LogP contribution in [-0.4, -0.2) is 28.1 Å². The Morgan fingerprint density at radius 1 is 1.08 bits per heavy atom. The minimum atomic E-state index is -3.69. The number of benzene rings is 2. The Morgan fingerprint density at radius 3 is 2.50 bits per heavy atom. The highest BCUT2D eigenvalue weighted by Gasteiger charge is 2.19. The van der Waals surface area contributed by atoms with Crippen LogP contribution in [0.25, 0.3) is 0 Å². The van der Waals surface area contributed by atoms with Crippen molar-refractivity contribution in [2.24, 2.45) is 0 Å². The number of nitrogens with zero attached hydrogens (tertiary/aromatic N) is 1. The van der Waals surface area contributed by atoms with E-state index in [9.17, 15) is 17.2 Å². The summed E-state index contributed by atoms with van der Waals surface area (Å²) in [5.74, 6) is 0. The van der Waals surface area contributed by atoms with E-state index in [0.29, 0.717) is 6.54 Å². The largest absolute Gasteiger partial charge is 0.370 e. The Hall–Kier alpha value is -1.99. The summed E-state index contributed by atoms with van der Waals surface area (Å²) in [5.41, 5.74) is 2.21. The number of nitrogens with one attached hydrogen (secondary N) is 1. The maximum atomic E-state index is 12.5. The van der Waals surface area contributed by atoms with Crippen LogP contribution in [0.4, 0.5) is 14.5 Å². The first-order valence-corrected chi connectivity index (χ1v) is 9.16. The standard InChI is InChI=1S/C17H18F2N2O2S/c18-17(19)14-5-7-15(8-6-14)24(22,23)20-10-12-21-11-9-13-3-1-2-4-16(13)21/h1-8,17,20H,9-12H2. The summed E-state index contributed by atoms with van der Waals surface area (Å²) in [6.45, 7) is 1.68. The minimum Gasteiger partial charge on any atom is -0.370 e. The van der Waals surface area contributed by atoms with E-state index in [1.54, 1.807) is 0 Å². The summed E-state index contributed by atoms with van der Waals surface area (Å²) < 4.78 is 52.0. The van der Waals surface area contributed by atoms with Gasteiger partial charge in [-0.05, 0) is 30.2 Å².